The Kier molecular flexibility index (Phi) is 4.74. The van der Waals surface area contributed by atoms with Crippen molar-refractivity contribution in [3.63, 3.8) is 0 Å². The van der Waals surface area contributed by atoms with Gasteiger partial charge in [0.2, 0.25) is 0 Å². The number of hydrogen-bond acceptors (Lipinski definition) is 1. The minimum atomic E-state index is -0.0731. The molecule has 0 fully saturated rings. The van der Waals surface area contributed by atoms with Gasteiger partial charge in [-0.05, 0) is 35.7 Å². The minimum Gasteiger partial charge on any atom is -0.322 e. The van der Waals surface area contributed by atoms with E-state index in [-0.39, 0.29) is 5.91 Å². The van der Waals surface area contributed by atoms with Crippen LogP contribution in [0.4, 0.5) is 5.69 Å². The summed E-state index contributed by atoms with van der Waals surface area (Å²) in [7, 11) is 0. The Morgan fingerprint density at radius 3 is 2.42 bits per heavy atom. The number of anilines is 1. The Bertz CT molecular complexity index is 563. The molecule has 1 N–H and O–H groups in total. The van der Waals surface area contributed by atoms with E-state index in [0.29, 0.717) is 5.56 Å². The zero-order valence-electron chi connectivity index (χ0n) is 10.8. The summed E-state index contributed by atoms with van der Waals surface area (Å²) in [6, 6.07) is 15.5. The number of halogens is 1. The highest BCUT2D eigenvalue weighted by Gasteiger charge is 2.08. The standard InChI is InChI=1S/C16H16BrNO/c1-2-12-7-9-13(10-8-12)16(19)18-15-6-4-3-5-14(15)11-17/h3-10H,2,11H2,1H3,(H,18,19). The number of carbonyl (C=O) groups excluding carboxylic acids is 1. The molecule has 0 saturated carbocycles. The molecule has 0 spiro atoms. The van der Waals surface area contributed by atoms with E-state index in [2.05, 4.69) is 28.2 Å². The zero-order valence-corrected chi connectivity index (χ0v) is 12.4. The van der Waals surface area contributed by atoms with Gasteiger partial charge in [0.1, 0.15) is 0 Å². The van der Waals surface area contributed by atoms with Crippen LogP contribution in [0.2, 0.25) is 0 Å². The summed E-state index contributed by atoms with van der Waals surface area (Å²) < 4.78 is 0. The first kappa shape index (κ1) is 13.8. The largest absolute Gasteiger partial charge is 0.322 e. The van der Waals surface area contributed by atoms with E-state index in [9.17, 15) is 4.79 Å². The third-order valence-corrected chi connectivity index (χ3v) is 3.64. The van der Waals surface area contributed by atoms with Crippen LogP contribution in [0.3, 0.4) is 0 Å². The number of carbonyl (C=O) groups is 1. The molecule has 0 bridgehead atoms. The lowest BCUT2D eigenvalue weighted by Crippen LogP contribution is -2.13. The fraction of sp³-hybridized carbons (Fsp3) is 0.188. The van der Waals surface area contributed by atoms with Crippen molar-refractivity contribution in [3.8, 4) is 0 Å². The summed E-state index contributed by atoms with van der Waals surface area (Å²) in [5, 5.41) is 3.67. The lowest BCUT2D eigenvalue weighted by atomic mass is 10.1. The van der Waals surface area contributed by atoms with Crippen LogP contribution < -0.4 is 5.32 Å². The van der Waals surface area contributed by atoms with Crippen molar-refractivity contribution >= 4 is 27.5 Å². The molecule has 0 aliphatic heterocycles. The number of para-hydroxylation sites is 1. The number of amides is 1. The van der Waals surface area contributed by atoms with Crippen LogP contribution in [0.1, 0.15) is 28.4 Å². The monoisotopic (exact) mass is 317 g/mol. The molecular weight excluding hydrogens is 302 g/mol. The molecule has 2 nitrogen and oxygen atoms in total. The first-order valence-corrected chi connectivity index (χ1v) is 7.41. The second-order valence-corrected chi connectivity index (χ2v) is 4.86. The van der Waals surface area contributed by atoms with E-state index < -0.39 is 0 Å². The van der Waals surface area contributed by atoms with Crippen molar-refractivity contribution in [3.05, 3.63) is 65.2 Å². The Balaban J connectivity index is 2.16. The van der Waals surface area contributed by atoms with Gasteiger partial charge < -0.3 is 5.32 Å². The molecule has 2 aromatic carbocycles. The van der Waals surface area contributed by atoms with Crippen LogP contribution in [0.15, 0.2) is 48.5 Å². The van der Waals surface area contributed by atoms with Crippen LogP contribution in [0.5, 0.6) is 0 Å². The van der Waals surface area contributed by atoms with Gasteiger partial charge in [-0.3, -0.25) is 4.79 Å². The molecule has 98 valence electrons. The highest BCUT2D eigenvalue weighted by atomic mass is 79.9. The zero-order chi connectivity index (χ0) is 13.7. The van der Waals surface area contributed by atoms with Gasteiger partial charge in [-0.2, -0.15) is 0 Å². The SMILES string of the molecule is CCc1ccc(C(=O)Nc2ccccc2CBr)cc1. The van der Waals surface area contributed by atoms with Gasteiger partial charge in [-0.1, -0.05) is 53.2 Å². The predicted molar refractivity (Wildman–Crippen MR) is 82.8 cm³/mol. The predicted octanol–water partition coefficient (Wildman–Crippen LogP) is 4.40. The minimum absolute atomic E-state index is 0.0731. The van der Waals surface area contributed by atoms with E-state index >= 15 is 0 Å². The molecule has 0 aromatic heterocycles. The summed E-state index contributed by atoms with van der Waals surface area (Å²) in [5.41, 5.74) is 3.84. The van der Waals surface area contributed by atoms with Crippen molar-refractivity contribution in [2.75, 3.05) is 5.32 Å². The Morgan fingerprint density at radius 2 is 1.79 bits per heavy atom. The van der Waals surface area contributed by atoms with Crippen molar-refractivity contribution < 1.29 is 4.79 Å². The van der Waals surface area contributed by atoms with Gasteiger partial charge in [-0.15, -0.1) is 0 Å². The average molecular weight is 318 g/mol. The van der Waals surface area contributed by atoms with E-state index in [4.69, 9.17) is 0 Å². The van der Waals surface area contributed by atoms with Crippen LogP contribution >= 0.6 is 15.9 Å². The molecule has 0 radical (unpaired) electrons. The van der Waals surface area contributed by atoms with Crippen molar-refractivity contribution in [1.82, 2.24) is 0 Å². The van der Waals surface area contributed by atoms with Gasteiger partial charge in [0, 0.05) is 16.6 Å². The molecule has 0 atom stereocenters. The quantitative estimate of drug-likeness (QED) is 0.832. The number of rotatable bonds is 4. The maximum absolute atomic E-state index is 12.2. The number of nitrogens with one attached hydrogen (secondary N) is 1. The van der Waals surface area contributed by atoms with E-state index in [1.807, 2.05) is 48.5 Å². The molecular formula is C16H16BrNO. The van der Waals surface area contributed by atoms with Gasteiger partial charge in [0.25, 0.3) is 5.91 Å². The van der Waals surface area contributed by atoms with Gasteiger partial charge >= 0.3 is 0 Å². The van der Waals surface area contributed by atoms with E-state index in [0.717, 1.165) is 23.0 Å². The third kappa shape index (κ3) is 3.44. The fourth-order valence-corrected chi connectivity index (χ4v) is 2.33. The molecule has 2 rings (SSSR count). The molecule has 3 heteroatoms. The van der Waals surface area contributed by atoms with E-state index in [1.165, 1.54) is 5.56 Å². The topological polar surface area (TPSA) is 29.1 Å². The highest BCUT2D eigenvalue weighted by molar-refractivity contribution is 9.08. The van der Waals surface area contributed by atoms with E-state index in [1.54, 1.807) is 0 Å². The van der Waals surface area contributed by atoms with Crippen LogP contribution in [-0.4, -0.2) is 5.91 Å². The van der Waals surface area contributed by atoms with Crippen molar-refractivity contribution in [1.29, 1.82) is 0 Å². The molecule has 1 amide bonds. The lowest BCUT2D eigenvalue weighted by Gasteiger charge is -2.09. The second kappa shape index (κ2) is 6.53. The normalized spacial score (nSPS) is 10.2. The van der Waals surface area contributed by atoms with Crippen LogP contribution in [0, 0.1) is 0 Å². The molecule has 0 unspecified atom stereocenters. The van der Waals surface area contributed by atoms with Crippen molar-refractivity contribution in [2.24, 2.45) is 0 Å². The number of aryl methyl sites for hydroxylation is 1. The van der Waals surface area contributed by atoms with Crippen molar-refractivity contribution in [2.45, 2.75) is 18.7 Å². The molecule has 0 aliphatic carbocycles. The van der Waals surface area contributed by atoms with Gasteiger partial charge in [0.05, 0.1) is 0 Å². The third-order valence-electron chi connectivity index (χ3n) is 3.03. The Labute approximate surface area is 122 Å². The molecule has 19 heavy (non-hydrogen) atoms. The smallest absolute Gasteiger partial charge is 0.255 e. The maximum atomic E-state index is 12.2. The van der Waals surface area contributed by atoms with Gasteiger partial charge in [-0.25, -0.2) is 0 Å². The number of hydrogen-bond donors (Lipinski definition) is 1. The molecule has 0 heterocycles. The fourth-order valence-electron chi connectivity index (χ4n) is 1.85. The average Bonchev–Trinajstić information content (AvgIpc) is 2.48. The summed E-state index contributed by atoms with van der Waals surface area (Å²) in [6.07, 6.45) is 0.980. The summed E-state index contributed by atoms with van der Waals surface area (Å²) in [5.74, 6) is -0.0731. The van der Waals surface area contributed by atoms with Gasteiger partial charge in [0.15, 0.2) is 0 Å². The van der Waals surface area contributed by atoms with Crippen LogP contribution in [0.25, 0.3) is 0 Å². The summed E-state index contributed by atoms with van der Waals surface area (Å²) in [4.78, 5) is 12.2. The Hall–Kier alpha value is -1.61. The molecule has 2 aromatic rings. The van der Waals surface area contributed by atoms with Crippen LogP contribution in [-0.2, 0) is 11.8 Å². The highest BCUT2D eigenvalue weighted by Crippen LogP contribution is 2.19. The maximum Gasteiger partial charge on any atom is 0.255 e. The first-order chi connectivity index (χ1) is 9.24. The molecule has 0 saturated heterocycles. The number of benzene rings is 2. The first-order valence-electron chi connectivity index (χ1n) is 6.28. The lowest BCUT2D eigenvalue weighted by molar-refractivity contribution is 0.102. The summed E-state index contributed by atoms with van der Waals surface area (Å²) in [6.45, 7) is 2.10. The number of alkyl halides is 1. The molecule has 0 aliphatic rings. The second-order valence-electron chi connectivity index (χ2n) is 4.30. The summed E-state index contributed by atoms with van der Waals surface area (Å²) >= 11 is 3.42. The Morgan fingerprint density at radius 1 is 1.11 bits per heavy atom.